The van der Waals surface area contributed by atoms with Crippen LogP contribution in [-0.2, 0) is 0 Å². The Balaban J connectivity index is 0.000000140. The first kappa shape index (κ1) is 27.9. The van der Waals surface area contributed by atoms with Gasteiger partial charge in [0.25, 0.3) is 0 Å². The van der Waals surface area contributed by atoms with Gasteiger partial charge in [-0.15, -0.1) is 0 Å². The molecule has 9 rings (SSSR count). The molecule has 7 aromatic carbocycles. The number of anilines is 2. The van der Waals surface area contributed by atoms with E-state index in [0.29, 0.717) is 0 Å². The number of hydrogen-bond acceptors (Lipinski definition) is 1. The molecule has 0 aliphatic heterocycles. The first-order valence-corrected chi connectivity index (χ1v) is 16.2. The summed E-state index contributed by atoms with van der Waals surface area (Å²) in [5.41, 5.74) is 9.50. The standard InChI is InChI=1S/C24H18N2.C18H12BrN/c1-3-9-18(10-4-1)25-19-15-16-24-22(17-19)21-13-7-8-14-23(21)26(24)20-11-5-2-6-12-20;19-13-10-11-18-16(12-13)15-8-4-5-9-17(15)20(18)14-6-2-1-3-7-14/h1-17,25H;1-12H. The first-order valence-electron chi connectivity index (χ1n) is 15.4. The van der Waals surface area contributed by atoms with Crippen LogP contribution in [0.15, 0.2) is 180 Å². The minimum Gasteiger partial charge on any atom is -0.356 e. The molecule has 0 aliphatic rings. The summed E-state index contributed by atoms with van der Waals surface area (Å²) in [5, 5.41) is 8.58. The van der Waals surface area contributed by atoms with Gasteiger partial charge in [-0.3, -0.25) is 0 Å². The molecule has 2 heterocycles. The topological polar surface area (TPSA) is 21.9 Å². The molecule has 0 saturated carbocycles. The van der Waals surface area contributed by atoms with E-state index in [4.69, 9.17) is 0 Å². The largest absolute Gasteiger partial charge is 0.356 e. The molecule has 2 aromatic heterocycles. The van der Waals surface area contributed by atoms with E-state index in [9.17, 15) is 0 Å². The Bertz CT molecular complexity index is 2440. The summed E-state index contributed by atoms with van der Waals surface area (Å²) in [6.45, 7) is 0. The molecule has 0 saturated heterocycles. The van der Waals surface area contributed by atoms with Gasteiger partial charge < -0.3 is 14.5 Å². The second-order valence-corrected chi connectivity index (χ2v) is 12.2. The highest BCUT2D eigenvalue weighted by molar-refractivity contribution is 9.10. The molecule has 9 aromatic rings. The average molecular weight is 657 g/mol. The zero-order chi connectivity index (χ0) is 30.9. The number of nitrogens with one attached hydrogen (secondary N) is 1. The number of benzene rings is 7. The number of halogens is 1. The minimum atomic E-state index is 1.10. The molecular weight excluding hydrogens is 626 g/mol. The van der Waals surface area contributed by atoms with Gasteiger partial charge in [-0.2, -0.15) is 0 Å². The van der Waals surface area contributed by atoms with Crippen LogP contribution in [0.25, 0.3) is 55.0 Å². The van der Waals surface area contributed by atoms with Crippen molar-refractivity contribution in [1.29, 1.82) is 0 Å². The van der Waals surface area contributed by atoms with Crippen molar-refractivity contribution < 1.29 is 0 Å². The van der Waals surface area contributed by atoms with E-state index in [2.05, 4.69) is 182 Å². The molecule has 4 heteroatoms. The fourth-order valence-corrected chi connectivity index (χ4v) is 6.76. The van der Waals surface area contributed by atoms with Crippen molar-refractivity contribution in [2.24, 2.45) is 0 Å². The Morgan fingerprint density at radius 2 is 0.783 bits per heavy atom. The lowest BCUT2D eigenvalue weighted by molar-refractivity contribution is 1.18. The van der Waals surface area contributed by atoms with Crippen LogP contribution < -0.4 is 5.32 Å². The van der Waals surface area contributed by atoms with Crippen LogP contribution in [0.4, 0.5) is 11.4 Å². The third kappa shape index (κ3) is 5.13. The number of aromatic nitrogens is 2. The molecule has 0 amide bonds. The molecule has 3 nitrogen and oxygen atoms in total. The van der Waals surface area contributed by atoms with Crippen molar-refractivity contribution in [3.8, 4) is 11.4 Å². The van der Waals surface area contributed by atoms with Gasteiger partial charge in [-0.1, -0.05) is 107 Å². The third-order valence-electron chi connectivity index (χ3n) is 8.40. The van der Waals surface area contributed by atoms with Gasteiger partial charge in [0.2, 0.25) is 0 Å². The Morgan fingerprint density at radius 1 is 0.348 bits per heavy atom. The number of hydrogen-bond donors (Lipinski definition) is 1. The molecule has 0 radical (unpaired) electrons. The molecule has 0 bridgehead atoms. The zero-order valence-electron chi connectivity index (χ0n) is 25.0. The Labute approximate surface area is 276 Å². The fraction of sp³-hybridized carbons (Fsp3) is 0. The molecule has 0 fully saturated rings. The molecule has 46 heavy (non-hydrogen) atoms. The van der Waals surface area contributed by atoms with Crippen molar-refractivity contribution in [2.75, 3.05) is 5.32 Å². The smallest absolute Gasteiger partial charge is 0.0542 e. The van der Waals surface area contributed by atoms with Gasteiger partial charge in [-0.05, 0) is 84.9 Å². The van der Waals surface area contributed by atoms with Gasteiger partial charge in [0, 0.05) is 48.8 Å². The van der Waals surface area contributed by atoms with Crippen LogP contribution >= 0.6 is 15.9 Å². The lowest BCUT2D eigenvalue weighted by atomic mass is 10.1. The number of nitrogens with zero attached hydrogens (tertiary/aromatic N) is 2. The van der Waals surface area contributed by atoms with E-state index >= 15 is 0 Å². The minimum absolute atomic E-state index is 1.10. The molecule has 0 atom stereocenters. The summed E-state index contributed by atoms with van der Waals surface area (Å²) in [6.07, 6.45) is 0. The first-order chi connectivity index (χ1) is 22.7. The van der Waals surface area contributed by atoms with Gasteiger partial charge in [0.1, 0.15) is 0 Å². The summed E-state index contributed by atoms with van der Waals surface area (Å²) >= 11 is 3.57. The molecule has 0 spiro atoms. The van der Waals surface area contributed by atoms with E-state index < -0.39 is 0 Å². The van der Waals surface area contributed by atoms with Crippen molar-refractivity contribution in [2.45, 2.75) is 0 Å². The van der Waals surface area contributed by atoms with Crippen LogP contribution in [0.5, 0.6) is 0 Å². The van der Waals surface area contributed by atoms with Gasteiger partial charge >= 0.3 is 0 Å². The summed E-state index contributed by atoms with van der Waals surface area (Å²) in [6, 6.07) is 61.5. The number of fused-ring (bicyclic) bond motifs is 6. The van der Waals surface area contributed by atoms with Gasteiger partial charge in [-0.25, -0.2) is 0 Å². The predicted octanol–water partition coefficient (Wildman–Crippen LogP) is 12.1. The van der Waals surface area contributed by atoms with Crippen LogP contribution in [0.3, 0.4) is 0 Å². The van der Waals surface area contributed by atoms with Crippen LogP contribution in [-0.4, -0.2) is 9.13 Å². The fourth-order valence-electron chi connectivity index (χ4n) is 6.39. The summed E-state index contributed by atoms with van der Waals surface area (Å²) in [5.74, 6) is 0. The molecule has 0 aliphatic carbocycles. The molecule has 0 unspecified atom stereocenters. The van der Waals surface area contributed by atoms with Crippen molar-refractivity contribution in [3.63, 3.8) is 0 Å². The maximum atomic E-state index is 3.57. The molecule has 1 N–H and O–H groups in total. The number of para-hydroxylation sites is 5. The van der Waals surface area contributed by atoms with Crippen molar-refractivity contribution in [3.05, 3.63) is 180 Å². The Kier molecular flexibility index (Phi) is 7.33. The van der Waals surface area contributed by atoms with Crippen LogP contribution in [0.2, 0.25) is 0 Å². The number of rotatable bonds is 4. The predicted molar refractivity (Wildman–Crippen MR) is 199 cm³/mol. The highest BCUT2D eigenvalue weighted by atomic mass is 79.9. The molecule has 220 valence electrons. The monoisotopic (exact) mass is 655 g/mol. The third-order valence-corrected chi connectivity index (χ3v) is 8.89. The normalized spacial score (nSPS) is 11.2. The lowest BCUT2D eigenvalue weighted by Crippen LogP contribution is -1.93. The highest BCUT2D eigenvalue weighted by Crippen LogP contribution is 2.35. The maximum absolute atomic E-state index is 3.57. The van der Waals surface area contributed by atoms with Gasteiger partial charge in [0.15, 0.2) is 0 Å². The summed E-state index contributed by atoms with van der Waals surface area (Å²) < 4.78 is 5.76. The zero-order valence-corrected chi connectivity index (χ0v) is 26.6. The Morgan fingerprint density at radius 3 is 1.35 bits per heavy atom. The SMILES string of the molecule is Brc1ccc2c(c1)c1ccccc1n2-c1ccccc1.c1ccc(Nc2ccc3c(c2)c2ccccc2n3-c2ccccc2)cc1. The van der Waals surface area contributed by atoms with E-state index in [1.165, 1.54) is 55.0 Å². The van der Waals surface area contributed by atoms with Gasteiger partial charge in [0.05, 0.1) is 22.1 Å². The summed E-state index contributed by atoms with van der Waals surface area (Å²) in [4.78, 5) is 0. The highest BCUT2D eigenvalue weighted by Gasteiger charge is 2.13. The molecular formula is C42H30BrN3. The van der Waals surface area contributed by atoms with Crippen LogP contribution in [0, 0.1) is 0 Å². The van der Waals surface area contributed by atoms with E-state index in [1.807, 2.05) is 24.3 Å². The van der Waals surface area contributed by atoms with Crippen molar-refractivity contribution in [1.82, 2.24) is 9.13 Å². The van der Waals surface area contributed by atoms with E-state index in [0.717, 1.165) is 15.8 Å². The maximum Gasteiger partial charge on any atom is 0.0542 e. The Hall–Kier alpha value is -5.58. The average Bonchev–Trinajstić information content (AvgIpc) is 3.62. The second-order valence-electron chi connectivity index (χ2n) is 11.3. The lowest BCUT2D eigenvalue weighted by Gasteiger charge is -2.09. The second kappa shape index (κ2) is 12.1. The quantitative estimate of drug-likeness (QED) is 0.200. The van der Waals surface area contributed by atoms with Crippen molar-refractivity contribution >= 4 is 70.9 Å². The summed E-state index contributed by atoms with van der Waals surface area (Å²) in [7, 11) is 0. The van der Waals surface area contributed by atoms with E-state index in [-0.39, 0.29) is 0 Å². The van der Waals surface area contributed by atoms with E-state index in [1.54, 1.807) is 0 Å². The van der Waals surface area contributed by atoms with Crippen LogP contribution in [0.1, 0.15) is 0 Å².